The lowest BCUT2D eigenvalue weighted by atomic mass is 10.1. The van der Waals surface area contributed by atoms with Gasteiger partial charge in [0.25, 0.3) is 5.91 Å². The van der Waals surface area contributed by atoms with E-state index in [9.17, 15) is 4.79 Å². The summed E-state index contributed by atoms with van der Waals surface area (Å²) < 4.78 is 11.1. The molecule has 1 aliphatic rings. The highest BCUT2D eigenvalue weighted by Crippen LogP contribution is 2.12. The van der Waals surface area contributed by atoms with Gasteiger partial charge in [-0.3, -0.25) is 19.6 Å². The Balaban J connectivity index is 1.33. The first-order valence-electron chi connectivity index (χ1n) is 11.9. The van der Waals surface area contributed by atoms with Gasteiger partial charge in [-0.15, -0.1) is 0 Å². The fourth-order valence-electron chi connectivity index (χ4n) is 4.01. The standard InChI is InChI=1S/C26H33N5O3/c1-21-5-4-6-22(17-21)18-31(12-11-30-13-15-33-16-14-30)19-25-29-24(20-34-25)26(32)28-10-8-23-7-2-3-9-27-23/h2-7,9,17,20H,8,10-16,18-19H2,1H3,(H,28,32). The lowest BCUT2D eigenvalue weighted by Gasteiger charge is -2.29. The number of nitrogens with zero attached hydrogens (tertiary/aromatic N) is 4. The van der Waals surface area contributed by atoms with Crippen molar-refractivity contribution in [3.63, 3.8) is 0 Å². The Labute approximate surface area is 200 Å². The van der Waals surface area contributed by atoms with E-state index in [1.54, 1.807) is 6.20 Å². The van der Waals surface area contributed by atoms with Gasteiger partial charge in [0.05, 0.1) is 19.8 Å². The normalized spacial score (nSPS) is 14.4. The Kier molecular flexibility index (Phi) is 8.78. The maximum atomic E-state index is 12.5. The average molecular weight is 464 g/mol. The molecular formula is C26H33N5O3. The van der Waals surface area contributed by atoms with Gasteiger partial charge in [-0.2, -0.15) is 0 Å². The number of rotatable bonds is 11. The molecule has 3 heterocycles. The van der Waals surface area contributed by atoms with Crippen molar-refractivity contribution in [1.29, 1.82) is 0 Å². The SMILES string of the molecule is Cc1cccc(CN(CCN2CCOCC2)Cc2nc(C(=O)NCCc3ccccn3)co2)c1. The summed E-state index contributed by atoms with van der Waals surface area (Å²) in [5, 5.41) is 2.89. The van der Waals surface area contributed by atoms with E-state index in [1.165, 1.54) is 17.4 Å². The predicted octanol–water partition coefficient (Wildman–Crippen LogP) is 2.68. The van der Waals surface area contributed by atoms with Gasteiger partial charge in [-0.25, -0.2) is 4.98 Å². The minimum atomic E-state index is -0.232. The number of ether oxygens (including phenoxy) is 1. The number of hydrogen-bond acceptors (Lipinski definition) is 7. The van der Waals surface area contributed by atoms with Gasteiger partial charge in [0, 0.05) is 57.6 Å². The molecule has 1 saturated heterocycles. The highest BCUT2D eigenvalue weighted by molar-refractivity contribution is 5.91. The van der Waals surface area contributed by atoms with Gasteiger partial charge in [0.1, 0.15) is 6.26 Å². The Morgan fingerprint density at radius 1 is 1.15 bits per heavy atom. The van der Waals surface area contributed by atoms with Crippen LogP contribution in [0.15, 0.2) is 59.3 Å². The molecule has 0 radical (unpaired) electrons. The largest absolute Gasteiger partial charge is 0.447 e. The first-order valence-corrected chi connectivity index (χ1v) is 11.9. The summed E-state index contributed by atoms with van der Waals surface area (Å²) in [5.74, 6) is 0.314. The number of carbonyl (C=O) groups excluding carboxylic acids is 1. The van der Waals surface area contributed by atoms with E-state index in [4.69, 9.17) is 9.15 Å². The van der Waals surface area contributed by atoms with Crippen molar-refractivity contribution in [2.45, 2.75) is 26.4 Å². The highest BCUT2D eigenvalue weighted by Gasteiger charge is 2.17. The van der Waals surface area contributed by atoms with Crippen LogP contribution in [0.2, 0.25) is 0 Å². The van der Waals surface area contributed by atoms with E-state index < -0.39 is 0 Å². The molecule has 0 saturated carbocycles. The van der Waals surface area contributed by atoms with Crippen LogP contribution >= 0.6 is 0 Å². The number of hydrogen-bond donors (Lipinski definition) is 1. The number of nitrogens with one attached hydrogen (secondary N) is 1. The number of carbonyl (C=O) groups is 1. The van der Waals surface area contributed by atoms with E-state index in [-0.39, 0.29) is 5.91 Å². The molecular weight excluding hydrogens is 430 g/mol. The van der Waals surface area contributed by atoms with Crippen molar-refractivity contribution < 1.29 is 13.9 Å². The lowest BCUT2D eigenvalue weighted by Crippen LogP contribution is -2.41. The molecule has 0 unspecified atom stereocenters. The maximum absolute atomic E-state index is 12.5. The van der Waals surface area contributed by atoms with Crippen LogP contribution in [-0.2, 0) is 24.2 Å². The van der Waals surface area contributed by atoms with Crippen molar-refractivity contribution in [3.8, 4) is 0 Å². The topological polar surface area (TPSA) is 83.7 Å². The molecule has 8 nitrogen and oxygen atoms in total. The first-order chi connectivity index (χ1) is 16.7. The molecule has 180 valence electrons. The summed E-state index contributed by atoms with van der Waals surface area (Å²) in [5.41, 5.74) is 3.74. The number of pyridine rings is 1. The fourth-order valence-corrected chi connectivity index (χ4v) is 4.01. The Morgan fingerprint density at radius 2 is 2.03 bits per heavy atom. The Bertz CT molecular complexity index is 1030. The van der Waals surface area contributed by atoms with Crippen molar-refractivity contribution in [3.05, 3.63) is 83.3 Å². The molecule has 0 atom stereocenters. The smallest absolute Gasteiger partial charge is 0.273 e. The second-order valence-corrected chi connectivity index (χ2v) is 8.61. The fraction of sp³-hybridized carbons (Fsp3) is 0.423. The average Bonchev–Trinajstić information content (AvgIpc) is 3.32. The van der Waals surface area contributed by atoms with Crippen LogP contribution in [0.25, 0.3) is 0 Å². The molecule has 3 aromatic rings. The van der Waals surface area contributed by atoms with Crippen molar-refractivity contribution in [2.24, 2.45) is 0 Å². The molecule has 1 amide bonds. The number of aromatic nitrogens is 2. The second-order valence-electron chi connectivity index (χ2n) is 8.61. The summed E-state index contributed by atoms with van der Waals surface area (Å²) in [6.45, 7) is 9.26. The number of amides is 1. The van der Waals surface area contributed by atoms with Crippen LogP contribution in [0.4, 0.5) is 0 Å². The highest BCUT2D eigenvalue weighted by atomic mass is 16.5. The van der Waals surface area contributed by atoms with Crippen molar-refractivity contribution in [1.82, 2.24) is 25.1 Å². The third-order valence-corrected chi connectivity index (χ3v) is 5.86. The van der Waals surface area contributed by atoms with E-state index in [2.05, 4.69) is 56.3 Å². The van der Waals surface area contributed by atoms with Gasteiger partial charge >= 0.3 is 0 Å². The maximum Gasteiger partial charge on any atom is 0.273 e. The summed E-state index contributed by atoms with van der Waals surface area (Å²) in [7, 11) is 0. The number of benzene rings is 1. The minimum absolute atomic E-state index is 0.232. The zero-order chi connectivity index (χ0) is 23.6. The van der Waals surface area contributed by atoms with Crippen LogP contribution < -0.4 is 5.32 Å². The summed E-state index contributed by atoms with van der Waals surface area (Å²) >= 11 is 0. The van der Waals surface area contributed by atoms with Crippen molar-refractivity contribution in [2.75, 3.05) is 45.9 Å². The molecule has 1 aromatic carbocycles. The predicted molar refractivity (Wildman–Crippen MR) is 129 cm³/mol. The molecule has 2 aromatic heterocycles. The third kappa shape index (κ3) is 7.48. The van der Waals surface area contributed by atoms with E-state index in [1.807, 2.05) is 18.2 Å². The molecule has 8 heteroatoms. The first kappa shape index (κ1) is 24.1. The van der Waals surface area contributed by atoms with Crippen LogP contribution in [-0.4, -0.2) is 71.6 Å². The zero-order valence-corrected chi connectivity index (χ0v) is 19.8. The van der Waals surface area contributed by atoms with Crippen LogP contribution in [0, 0.1) is 6.92 Å². The molecule has 0 bridgehead atoms. The van der Waals surface area contributed by atoms with E-state index in [0.717, 1.165) is 51.6 Å². The Hall–Kier alpha value is -3.07. The molecule has 34 heavy (non-hydrogen) atoms. The third-order valence-electron chi connectivity index (χ3n) is 5.86. The van der Waals surface area contributed by atoms with Crippen molar-refractivity contribution >= 4 is 5.91 Å². The van der Waals surface area contributed by atoms with Gasteiger partial charge in [-0.05, 0) is 24.6 Å². The number of morpholine rings is 1. The van der Waals surface area contributed by atoms with Crippen LogP contribution in [0.5, 0.6) is 0 Å². The van der Waals surface area contributed by atoms with Crippen LogP contribution in [0.1, 0.15) is 33.2 Å². The molecule has 1 N–H and O–H groups in total. The quantitative estimate of drug-likeness (QED) is 0.468. The molecule has 1 fully saturated rings. The van der Waals surface area contributed by atoms with E-state index >= 15 is 0 Å². The van der Waals surface area contributed by atoms with Gasteiger partial charge in [-0.1, -0.05) is 35.9 Å². The van der Waals surface area contributed by atoms with Gasteiger partial charge in [0.15, 0.2) is 5.69 Å². The number of aryl methyl sites for hydroxylation is 1. The summed E-state index contributed by atoms with van der Waals surface area (Å²) in [4.78, 5) is 26.0. The summed E-state index contributed by atoms with van der Waals surface area (Å²) in [6.07, 6.45) is 3.87. The minimum Gasteiger partial charge on any atom is -0.447 e. The Morgan fingerprint density at radius 3 is 2.82 bits per heavy atom. The monoisotopic (exact) mass is 463 g/mol. The van der Waals surface area contributed by atoms with Gasteiger partial charge < -0.3 is 14.5 Å². The second kappa shape index (κ2) is 12.4. The molecule has 0 spiro atoms. The zero-order valence-electron chi connectivity index (χ0n) is 19.8. The summed E-state index contributed by atoms with van der Waals surface area (Å²) in [6, 6.07) is 14.3. The van der Waals surface area contributed by atoms with E-state index in [0.29, 0.717) is 31.1 Å². The number of oxazole rings is 1. The lowest BCUT2D eigenvalue weighted by molar-refractivity contribution is 0.0320. The molecule has 4 rings (SSSR count). The molecule has 1 aliphatic heterocycles. The van der Waals surface area contributed by atoms with Gasteiger partial charge in [0.2, 0.25) is 5.89 Å². The van der Waals surface area contributed by atoms with Crippen LogP contribution in [0.3, 0.4) is 0 Å². The molecule has 0 aliphatic carbocycles.